The van der Waals surface area contributed by atoms with E-state index >= 15 is 0 Å². The highest BCUT2D eigenvalue weighted by Crippen LogP contribution is 2.22. The van der Waals surface area contributed by atoms with Crippen molar-refractivity contribution < 1.29 is 5.11 Å². The van der Waals surface area contributed by atoms with Gasteiger partial charge in [-0.05, 0) is 50.6 Å². The molecule has 0 unspecified atom stereocenters. The molecule has 4 heteroatoms. The van der Waals surface area contributed by atoms with Crippen molar-refractivity contribution in [3.05, 3.63) is 29.8 Å². The highest BCUT2D eigenvalue weighted by molar-refractivity contribution is 5.48. The number of aryl methyl sites for hydroxylation is 1. The van der Waals surface area contributed by atoms with E-state index in [4.69, 9.17) is 0 Å². The Morgan fingerprint density at radius 1 is 1.14 bits per heavy atom. The highest BCUT2D eigenvalue weighted by atomic mass is 16.3. The third-order valence-electron chi connectivity index (χ3n) is 4.79. The standard InChI is InChI=1S/C17H27N3O/c1-15-3-2-4-16(13-15)20-11-9-19(10-12-20)14-17(21)5-7-18-8-6-17/h2-4,13,18,21H,5-12,14H2,1H3. The summed E-state index contributed by atoms with van der Waals surface area (Å²) in [6, 6.07) is 8.74. The summed E-state index contributed by atoms with van der Waals surface area (Å²) in [7, 11) is 0. The van der Waals surface area contributed by atoms with E-state index in [1.165, 1.54) is 11.3 Å². The van der Waals surface area contributed by atoms with Crippen LogP contribution in [0, 0.1) is 6.92 Å². The number of piperidine rings is 1. The largest absolute Gasteiger partial charge is 0.388 e. The zero-order valence-electron chi connectivity index (χ0n) is 13.0. The van der Waals surface area contributed by atoms with Crippen molar-refractivity contribution in [1.82, 2.24) is 10.2 Å². The summed E-state index contributed by atoms with van der Waals surface area (Å²) >= 11 is 0. The van der Waals surface area contributed by atoms with Crippen LogP contribution in [0.4, 0.5) is 5.69 Å². The van der Waals surface area contributed by atoms with Gasteiger partial charge >= 0.3 is 0 Å². The molecule has 0 spiro atoms. The van der Waals surface area contributed by atoms with Crippen LogP contribution in [-0.4, -0.2) is 61.4 Å². The normalized spacial score (nSPS) is 23.2. The molecular formula is C17H27N3O. The molecule has 1 aromatic rings. The van der Waals surface area contributed by atoms with E-state index in [1.807, 2.05) is 0 Å². The number of hydrogen-bond donors (Lipinski definition) is 2. The molecule has 0 atom stereocenters. The van der Waals surface area contributed by atoms with Gasteiger partial charge in [0.25, 0.3) is 0 Å². The molecule has 0 bridgehead atoms. The quantitative estimate of drug-likeness (QED) is 0.878. The van der Waals surface area contributed by atoms with Gasteiger partial charge in [-0.15, -0.1) is 0 Å². The van der Waals surface area contributed by atoms with E-state index in [-0.39, 0.29) is 0 Å². The molecule has 0 aromatic heterocycles. The number of anilines is 1. The fraction of sp³-hybridized carbons (Fsp3) is 0.647. The number of nitrogens with one attached hydrogen (secondary N) is 1. The summed E-state index contributed by atoms with van der Waals surface area (Å²) in [6.07, 6.45) is 1.76. The van der Waals surface area contributed by atoms with Crippen LogP contribution in [0.5, 0.6) is 0 Å². The SMILES string of the molecule is Cc1cccc(N2CCN(CC3(O)CCNCC3)CC2)c1. The minimum absolute atomic E-state index is 0.475. The summed E-state index contributed by atoms with van der Waals surface area (Å²) < 4.78 is 0. The minimum atomic E-state index is -0.475. The molecule has 2 fully saturated rings. The first kappa shape index (κ1) is 14.8. The number of nitrogens with zero attached hydrogens (tertiary/aromatic N) is 2. The molecule has 0 saturated carbocycles. The van der Waals surface area contributed by atoms with Crippen molar-refractivity contribution in [2.45, 2.75) is 25.4 Å². The van der Waals surface area contributed by atoms with Crippen LogP contribution in [-0.2, 0) is 0 Å². The van der Waals surface area contributed by atoms with Crippen LogP contribution in [0.3, 0.4) is 0 Å². The Morgan fingerprint density at radius 2 is 1.86 bits per heavy atom. The average Bonchev–Trinajstić information content (AvgIpc) is 2.48. The van der Waals surface area contributed by atoms with E-state index < -0.39 is 5.60 Å². The Bertz CT molecular complexity index is 463. The zero-order valence-corrected chi connectivity index (χ0v) is 13.0. The summed E-state index contributed by atoms with van der Waals surface area (Å²) in [4.78, 5) is 4.88. The van der Waals surface area contributed by atoms with E-state index in [0.29, 0.717) is 0 Å². The van der Waals surface area contributed by atoms with E-state index in [0.717, 1.165) is 58.7 Å². The highest BCUT2D eigenvalue weighted by Gasteiger charge is 2.32. The van der Waals surface area contributed by atoms with Crippen molar-refractivity contribution in [2.24, 2.45) is 0 Å². The summed E-state index contributed by atoms with van der Waals surface area (Å²) in [5.41, 5.74) is 2.17. The molecule has 2 aliphatic rings. The van der Waals surface area contributed by atoms with Gasteiger partial charge in [-0.3, -0.25) is 4.90 Å². The van der Waals surface area contributed by atoms with Crippen molar-refractivity contribution in [3.63, 3.8) is 0 Å². The number of piperazine rings is 1. The molecule has 2 saturated heterocycles. The lowest BCUT2D eigenvalue weighted by molar-refractivity contribution is -0.0218. The van der Waals surface area contributed by atoms with Crippen molar-refractivity contribution in [1.29, 1.82) is 0 Å². The first-order valence-corrected chi connectivity index (χ1v) is 8.12. The molecule has 1 aromatic carbocycles. The van der Waals surface area contributed by atoms with E-state index in [9.17, 15) is 5.11 Å². The Labute approximate surface area is 127 Å². The van der Waals surface area contributed by atoms with Crippen LogP contribution in [0.15, 0.2) is 24.3 Å². The smallest absolute Gasteiger partial charge is 0.0798 e. The molecular weight excluding hydrogens is 262 g/mol. The number of β-amino-alcohol motifs (C(OH)–C–C–N with tert-alkyl or cyclic N) is 1. The van der Waals surface area contributed by atoms with Gasteiger partial charge in [-0.2, -0.15) is 0 Å². The number of rotatable bonds is 3. The maximum atomic E-state index is 10.6. The van der Waals surface area contributed by atoms with Crippen LogP contribution in [0.2, 0.25) is 0 Å². The molecule has 0 amide bonds. The number of aliphatic hydroxyl groups is 1. The predicted octanol–water partition coefficient (Wildman–Crippen LogP) is 1.23. The van der Waals surface area contributed by atoms with Gasteiger partial charge < -0.3 is 15.3 Å². The molecule has 0 aliphatic carbocycles. The molecule has 2 N–H and O–H groups in total. The summed E-state index contributed by atoms with van der Waals surface area (Å²) in [5, 5.41) is 14.0. The fourth-order valence-electron chi connectivity index (χ4n) is 3.46. The van der Waals surface area contributed by atoms with Crippen LogP contribution in [0.25, 0.3) is 0 Å². The Kier molecular flexibility index (Phi) is 4.48. The molecule has 116 valence electrons. The second-order valence-corrected chi connectivity index (χ2v) is 6.58. The van der Waals surface area contributed by atoms with Crippen LogP contribution >= 0.6 is 0 Å². The summed E-state index contributed by atoms with van der Waals surface area (Å²) in [6.45, 7) is 9.06. The zero-order chi connectivity index (χ0) is 14.7. The molecule has 2 aliphatic heterocycles. The van der Waals surface area contributed by atoms with Crippen molar-refractivity contribution in [2.75, 3.05) is 50.7 Å². The lowest BCUT2D eigenvalue weighted by Crippen LogP contribution is -2.54. The molecule has 21 heavy (non-hydrogen) atoms. The molecule has 3 rings (SSSR count). The van der Waals surface area contributed by atoms with Gasteiger partial charge in [0, 0.05) is 38.4 Å². The first-order valence-electron chi connectivity index (χ1n) is 8.12. The van der Waals surface area contributed by atoms with Gasteiger partial charge in [0.05, 0.1) is 5.60 Å². The summed E-state index contributed by atoms with van der Waals surface area (Å²) in [5.74, 6) is 0. The van der Waals surface area contributed by atoms with Gasteiger partial charge in [-0.25, -0.2) is 0 Å². The second kappa shape index (κ2) is 6.34. The Morgan fingerprint density at radius 3 is 2.52 bits per heavy atom. The number of benzene rings is 1. The van der Waals surface area contributed by atoms with Gasteiger partial charge in [0.2, 0.25) is 0 Å². The third-order valence-corrected chi connectivity index (χ3v) is 4.79. The maximum Gasteiger partial charge on any atom is 0.0798 e. The average molecular weight is 289 g/mol. The van der Waals surface area contributed by atoms with Gasteiger partial charge in [0.15, 0.2) is 0 Å². The lowest BCUT2D eigenvalue weighted by atomic mass is 9.91. The number of hydrogen-bond acceptors (Lipinski definition) is 4. The van der Waals surface area contributed by atoms with Gasteiger partial charge in [-0.1, -0.05) is 12.1 Å². The minimum Gasteiger partial charge on any atom is -0.388 e. The van der Waals surface area contributed by atoms with Crippen LogP contribution in [0.1, 0.15) is 18.4 Å². The second-order valence-electron chi connectivity index (χ2n) is 6.58. The lowest BCUT2D eigenvalue weighted by Gasteiger charge is -2.41. The molecule has 0 radical (unpaired) electrons. The van der Waals surface area contributed by atoms with E-state index in [2.05, 4.69) is 46.3 Å². The monoisotopic (exact) mass is 289 g/mol. The predicted molar refractivity (Wildman–Crippen MR) is 86.9 cm³/mol. The van der Waals surface area contributed by atoms with E-state index in [1.54, 1.807) is 0 Å². The van der Waals surface area contributed by atoms with Crippen LogP contribution < -0.4 is 10.2 Å². The molecule has 2 heterocycles. The van der Waals surface area contributed by atoms with Crippen molar-refractivity contribution in [3.8, 4) is 0 Å². The first-order chi connectivity index (χ1) is 10.1. The maximum absolute atomic E-state index is 10.6. The van der Waals surface area contributed by atoms with Crippen molar-refractivity contribution >= 4 is 5.69 Å². The molecule has 4 nitrogen and oxygen atoms in total. The third kappa shape index (κ3) is 3.76. The topological polar surface area (TPSA) is 38.7 Å². The van der Waals surface area contributed by atoms with Gasteiger partial charge in [0.1, 0.15) is 0 Å². The Hall–Kier alpha value is -1.10. The fourth-order valence-corrected chi connectivity index (χ4v) is 3.46. The Balaban J connectivity index is 1.53.